The number of hydrogen-bond acceptors (Lipinski definition) is 6. The van der Waals surface area contributed by atoms with Gasteiger partial charge in [-0.2, -0.15) is 0 Å². The molecule has 7 heteroatoms. The Hall–Kier alpha value is -2.54. The largest absolute Gasteiger partial charge is 0.361 e. The number of pyridine rings is 1. The third kappa shape index (κ3) is 3.58. The summed E-state index contributed by atoms with van der Waals surface area (Å²) in [5.74, 6) is 0.968. The molecule has 0 saturated heterocycles. The van der Waals surface area contributed by atoms with E-state index in [0.717, 1.165) is 51.8 Å². The number of rotatable bonds is 4. The molecule has 0 aliphatic heterocycles. The Labute approximate surface area is 168 Å². The van der Waals surface area contributed by atoms with Crippen molar-refractivity contribution in [1.29, 1.82) is 0 Å². The summed E-state index contributed by atoms with van der Waals surface area (Å²) in [6.07, 6.45) is 4.26. The first kappa shape index (κ1) is 18.8. The maximum absolute atomic E-state index is 13.0. The highest BCUT2D eigenvalue weighted by atomic mass is 32.1. The molecule has 0 fully saturated rings. The second kappa shape index (κ2) is 7.47. The molecule has 0 saturated carbocycles. The minimum atomic E-state index is -0.0138. The van der Waals surface area contributed by atoms with Gasteiger partial charge in [-0.25, -0.2) is 4.98 Å². The number of thiazole rings is 1. The van der Waals surface area contributed by atoms with Gasteiger partial charge in [0.2, 0.25) is 5.91 Å². The van der Waals surface area contributed by atoms with Gasteiger partial charge in [-0.05, 0) is 51.3 Å². The molecule has 3 aromatic heterocycles. The Bertz CT molecular complexity index is 1000. The lowest BCUT2D eigenvalue weighted by Gasteiger charge is -2.26. The third-order valence-electron chi connectivity index (χ3n) is 5.29. The molecule has 1 atom stereocenters. The van der Waals surface area contributed by atoms with Gasteiger partial charge >= 0.3 is 0 Å². The van der Waals surface area contributed by atoms with Crippen LogP contribution in [0.25, 0.3) is 10.6 Å². The molecule has 1 unspecified atom stereocenters. The van der Waals surface area contributed by atoms with E-state index in [1.807, 2.05) is 44.9 Å². The average Bonchev–Trinajstić information content (AvgIpc) is 3.22. The number of hydrogen-bond donors (Lipinski definition) is 0. The van der Waals surface area contributed by atoms with Crippen LogP contribution in [0, 0.1) is 26.7 Å². The topological polar surface area (TPSA) is 72.1 Å². The highest BCUT2D eigenvalue weighted by Crippen LogP contribution is 2.37. The van der Waals surface area contributed by atoms with E-state index >= 15 is 0 Å². The molecule has 3 aromatic rings. The van der Waals surface area contributed by atoms with Crippen LogP contribution in [0.3, 0.4) is 0 Å². The van der Waals surface area contributed by atoms with Crippen LogP contribution >= 0.6 is 11.3 Å². The first-order valence-electron chi connectivity index (χ1n) is 9.50. The van der Waals surface area contributed by atoms with Crippen LogP contribution in [0.2, 0.25) is 0 Å². The molecule has 0 spiro atoms. The van der Waals surface area contributed by atoms with E-state index < -0.39 is 0 Å². The standard InChI is InChI=1S/C21H24N4O2S/c1-12-9-15(7-8-22-12)11-25(4)21(26)16-5-6-18-17(10-16)23-20(28-18)19-13(2)24-27-14(19)3/h7-9,16H,5-6,10-11H2,1-4H3. The number of carbonyl (C=O) groups is 1. The fraction of sp³-hybridized carbons (Fsp3) is 0.429. The lowest BCUT2D eigenvalue weighted by Crippen LogP contribution is -2.35. The fourth-order valence-electron chi connectivity index (χ4n) is 3.85. The number of fused-ring (bicyclic) bond motifs is 1. The van der Waals surface area contributed by atoms with Gasteiger partial charge in [0, 0.05) is 42.7 Å². The van der Waals surface area contributed by atoms with Crippen LogP contribution in [-0.4, -0.2) is 33.0 Å². The lowest BCUT2D eigenvalue weighted by atomic mass is 9.89. The summed E-state index contributed by atoms with van der Waals surface area (Å²) in [7, 11) is 1.88. The molecule has 3 heterocycles. The van der Waals surface area contributed by atoms with Gasteiger partial charge in [-0.1, -0.05) is 5.16 Å². The molecular weight excluding hydrogens is 372 g/mol. The molecule has 28 heavy (non-hydrogen) atoms. The summed E-state index contributed by atoms with van der Waals surface area (Å²) in [6.45, 7) is 6.42. The normalized spacial score (nSPS) is 16.1. The summed E-state index contributed by atoms with van der Waals surface area (Å²) in [4.78, 5) is 25.2. The van der Waals surface area contributed by atoms with Gasteiger partial charge in [0.1, 0.15) is 10.8 Å². The van der Waals surface area contributed by atoms with Crippen LogP contribution in [0.5, 0.6) is 0 Å². The Morgan fingerprint density at radius 2 is 2.18 bits per heavy atom. The first-order chi connectivity index (χ1) is 13.4. The maximum Gasteiger partial charge on any atom is 0.226 e. The van der Waals surface area contributed by atoms with Crippen molar-refractivity contribution < 1.29 is 9.32 Å². The summed E-state index contributed by atoms with van der Waals surface area (Å²) in [5, 5.41) is 4.99. The van der Waals surface area contributed by atoms with Gasteiger partial charge in [-0.15, -0.1) is 11.3 Å². The van der Waals surface area contributed by atoms with E-state index in [9.17, 15) is 4.79 Å². The maximum atomic E-state index is 13.0. The quantitative estimate of drug-likeness (QED) is 0.669. The zero-order chi connectivity index (χ0) is 19.8. The van der Waals surface area contributed by atoms with E-state index in [1.54, 1.807) is 17.5 Å². The van der Waals surface area contributed by atoms with E-state index in [2.05, 4.69) is 10.1 Å². The molecule has 146 valence electrons. The molecule has 0 bridgehead atoms. The zero-order valence-electron chi connectivity index (χ0n) is 16.7. The Balaban J connectivity index is 1.48. The highest BCUT2D eigenvalue weighted by molar-refractivity contribution is 7.15. The van der Waals surface area contributed by atoms with Crippen molar-refractivity contribution in [1.82, 2.24) is 20.0 Å². The molecule has 1 aliphatic carbocycles. The second-order valence-corrected chi connectivity index (χ2v) is 8.61. The SMILES string of the molecule is Cc1cc(CN(C)C(=O)C2CCc3sc(-c4c(C)noc4C)nc3C2)ccn1. The van der Waals surface area contributed by atoms with Gasteiger partial charge in [0.15, 0.2) is 0 Å². The van der Waals surface area contributed by atoms with Gasteiger partial charge in [-0.3, -0.25) is 9.78 Å². The van der Waals surface area contributed by atoms with Crippen molar-refractivity contribution in [2.45, 2.75) is 46.6 Å². The molecule has 6 nitrogen and oxygen atoms in total. The first-order valence-corrected chi connectivity index (χ1v) is 10.3. The van der Waals surface area contributed by atoms with Crippen molar-refractivity contribution >= 4 is 17.2 Å². The molecule has 4 rings (SSSR count). The Kier molecular flexibility index (Phi) is 5.02. The lowest BCUT2D eigenvalue weighted by molar-refractivity contribution is -0.135. The van der Waals surface area contributed by atoms with Crippen molar-refractivity contribution in [3.8, 4) is 10.6 Å². The summed E-state index contributed by atoms with van der Waals surface area (Å²) in [6, 6.07) is 3.99. The number of aryl methyl sites for hydroxylation is 4. The van der Waals surface area contributed by atoms with E-state index in [0.29, 0.717) is 13.0 Å². The Morgan fingerprint density at radius 3 is 2.89 bits per heavy atom. The molecule has 1 amide bonds. The molecular formula is C21H24N4O2S. The minimum Gasteiger partial charge on any atom is -0.361 e. The molecule has 0 aromatic carbocycles. The van der Waals surface area contributed by atoms with Crippen molar-refractivity contribution in [3.63, 3.8) is 0 Å². The molecule has 0 N–H and O–H groups in total. The van der Waals surface area contributed by atoms with E-state index in [-0.39, 0.29) is 11.8 Å². The predicted molar refractivity (Wildman–Crippen MR) is 108 cm³/mol. The van der Waals surface area contributed by atoms with Crippen molar-refractivity contribution in [2.75, 3.05) is 7.05 Å². The highest BCUT2D eigenvalue weighted by Gasteiger charge is 2.30. The second-order valence-electron chi connectivity index (χ2n) is 7.53. The van der Waals surface area contributed by atoms with Crippen LogP contribution < -0.4 is 0 Å². The molecule has 1 aliphatic rings. The fourth-order valence-corrected chi connectivity index (χ4v) is 5.10. The summed E-state index contributed by atoms with van der Waals surface area (Å²) >= 11 is 1.70. The van der Waals surface area contributed by atoms with Crippen LogP contribution in [0.4, 0.5) is 0 Å². The average molecular weight is 397 g/mol. The minimum absolute atomic E-state index is 0.0138. The summed E-state index contributed by atoms with van der Waals surface area (Å²) in [5.41, 5.74) is 4.98. The van der Waals surface area contributed by atoms with E-state index in [4.69, 9.17) is 9.51 Å². The molecule has 0 radical (unpaired) electrons. The number of nitrogens with zero attached hydrogens (tertiary/aromatic N) is 4. The summed E-state index contributed by atoms with van der Waals surface area (Å²) < 4.78 is 5.29. The Morgan fingerprint density at radius 1 is 1.36 bits per heavy atom. The third-order valence-corrected chi connectivity index (χ3v) is 6.47. The van der Waals surface area contributed by atoms with Crippen molar-refractivity contribution in [3.05, 3.63) is 51.6 Å². The monoisotopic (exact) mass is 396 g/mol. The zero-order valence-corrected chi connectivity index (χ0v) is 17.5. The van der Waals surface area contributed by atoms with Gasteiger partial charge < -0.3 is 9.42 Å². The van der Waals surface area contributed by atoms with E-state index in [1.165, 1.54) is 4.88 Å². The van der Waals surface area contributed by atoms with Crippen molar-refractivity contribution in [2.24, 2.45) is 5.92 Å². The van der Waals surface area contributed by atoms with Crippen LogP contribution in [0.15, 0.2) is 22.9 Å². The smallest absolute Gasteiger partial charge is 0.226 e. The number of aromatic nitrogens is 3. The number of carbonyl (C=O) groups excluding carboxylic acids is 1. The van der Waals surface area contributed by atoms with Crippen LogP contribution in [0.1, 0.15) is 39.7 Å². The van der Waals surface area contributed by atoms with Gasteiger partial charge in [0.05, 0.1) is 17.0 Å². The predicted octanol–water partition coefficient (Wildman–Crippen LogP) is 3.88. The van der Waals surface area contributed by atoms with Crippen LogP contribution in [-0.2, 0) is 24.2 Å². The number of amides is 1. The van der Waals surface area contributed by atoms with Gasteiger partial charge in [0.25, 0.3) is 0 Å².